The van der Waals surface area contributed by atoms with Gasteiger partial charge in [-0.15, -0.1) is 0 Å². The van der Waals surface area contributed by atoms with E-state index in [0.717, 1.165) is 24.8 Å². The van der Waals surface area contributed by atoms with Crippen molar-refractivity contribution in [2.75, 3.05) is 26.3 Å². The van der Waals surface area contributed by atoms with Gasteiger partial charge in [-0.3, -0.25) is 14.4 Å². The van der Waals surface area contributed by atoms with Crippen molar-refractivity contribution in [1.82, 2.24) is 15.5 Å². The molecule has 2 saturated heterocycles. The van der Waals surface area contributed by atoms with E-state index < -0.39 is 11.5 Å². The number of carbonyl (C=O) groups excluding carboxylic acids is 3. The van der Waals surface area contributed by atoms with Gasteiger partial charge in [0.25, 0.3) is 0 Å². The summed E-state index contributed by atoms with van der Waals surface area (Å²) in [7, 11) is 0. The second kappa shape index (κ2) is 12.7. The second-order valence-electron chi connectivity index (χ2n) is 11.5. The number of hydrogen-bond acceptors (Lipinski definition) is 4. The monoisotopic (exact) mass is 509 g/mol. The summed E-state index contributed by atoms with van der Waals surface area (Å²) < 4.78 is 5.71. The number of nitrogens with zero attached hydrogens (tertiary/aromatic N) is 1. The molecule has 0 aliphatic carbocycles. The van der Waals surface area contributed by atoms with Crippen LogP contribution in [0.4, 0.5) is 0 Å². The van der Waals surface area contributed by atoms with Gasteiger partial charge >= 0.3 is 0 Å². The van der Waals surface area contributed by atoms with Crippen molar-refractivity contribution < 1.29 is 19.1 Å². The third-order valence-electron chi connectivity index (χ3n) is 8.27. The molecule has 1 spiro atoms. The van der Waals surface area contributed by atoms with E-state index >= 15 is 0 Å². The molecule has 7 heteroatoms. The average molecular weight is 510 g/mol. The van der Waals surface area contributed by atoms with Crippen LogP contribution < -0.4 is 10.6 Å². The molecule has 1 aromatic carbocycles. The van der Waals surface area contributed by atoms with Crippen LogP contribution in [0.3, 0.4) is 0 Å². The van der Waals surface area contributed by atoms with Crippen LogP contribution in [0.15, 0.2) is 42.5 Å². The number of piperidine rings is 1. The number of aryl methyl sites for hydroxylation is 1. The van der Waals surface area contributed by atoms with E-state index in [1.807, 2.05) is 35.2 Å². The topological polar surface area (TPSA) is 87.7 Å². The Balaban J connectivity index is 1.45. The number of likely N-dealkylation sites (tertiary alicyclic amines) is 1. The van der Waals surface area contributed by atoms with Gasteiger partial charge in [-0.1, -0.05) is 56.3 Å². The van der Waals surface area contributed by atoms with Crippen LogP contribution >= 0.6 is 0 Å². The summed E-state index contributed by atoms with van der Waals surface area (Å²) in [4.78, 5) is 41.9. The van der Waals surface area contributed by atoms with Crippen molar-refractivity contribution in [2.45, 2.75) is 77.3 Å². The van der Waals surface area contributed by atoms with Gasteiger partial charge in [-0.2, -0.15) is 0 Å². The van der Waals surface area contributed by atoms with Crippen LogP contribution in [-0.2, 0) is 25.5 Å². The molecule has 37 heavy (non-hydrogen) atoms. The van der Waals surface area contributed by atoms with Crippen molar-refractivity contribution >= 4 is 17.7 Å². The molecule has 0 aromatic heterocycles. The lowest BCUT2D eigenvalue weighted by Gasteiger charge is -2.41. The zero-order valence-corrected chi connectivity index (χ0v) is 22.4. The van der Waals surface area contributed by atoms with E-state index in [-0.39, 0.29) is 35.6 Å². The predicted octanol–water partition coefficient (Wildman–Crippen LogP) is 3.63. The predicted molar refractivity (Wildman–Crippen MR) is 144 cm³/mol. The molecule has 0 saturated carbocycles. The highest BCUT2D eigenvalue weighted by Crippen LogP contribution is 2.37. The Morgan fingerprint density at radius 1 is 1.11 bits per heavy atom. The first-order valence-electron chi connectivity index (χ1n) is 14.0. The average Bonchev–Trinajstić information content (AvgIpc) is 2.90. The molecular weight excluding hydrogens is 466 g/mol. The minimum absolute atomic E-state index is 0.0570. The summed E-state index contributed by atoms with van der Waals surface area (Å²) in [5.41, 5.74) is 0.553. The van der Waals surface area contributed by atoms with Crippen molar-refractivity contribution in [3.05, 3.63) is 48.0 Å². The summed E-state index contributed by atoms with van der Waals surface area (Å²) in [5, 5.41) is 6.38. The van der Waals surface area contributed by atoms with Gasteiger partial charge in [0.1, 0.15) is 6.04 Å². The molecule has 3 aliphatic heterocycles. The fourth-order valence-electron chi connectivity index (χ4n) is 5.86. The Labute approximate surface area is 221 Å². The lowest BCUT2D eigenvalue weighted by molar-refractivity contribution is -0.142. The lowest BCUT2D eigenvalue weighted by Crippen LogP contribution is -2.57. The van der Waals surface area contributed by atoms with Gasteiger partial charge < -0.3 is 20.3 Å². The molecule has 202 valence electrons. The van der Waals surface area contributed by atoms with Crippen molar-refractivity contribution in [1.29, 1.82) is 0 Å². The molecule has 3 amide bonds. The molecule has 0 radical (unpaired) electrons. The zero-order chi connectivity index (χ0) is 26.3. The maximum absolute atomic E-state index is 13.8. The van der Waals surface area contributed by atoms with E-state index in [2.05, 4.69) is 36.6 Å². The van der Waals surface area contributed by atoms with E-state index in [1.54, 1.807) is 0 Å². The largest absolute Gasteiger partial charge is 0.381 e. The SMILES string of the molecule is CC(C)C[C@@H]1NC(=O)C2(C/C=C/C[C@@H]3COCC[C@@H]3NC1=O)CCN(C(=O)CCc1ccccc1)CC2. The molecule has 2 N–H and O–H groups in total. The maximum atomic E-state index is 13.8. The normalized spacial score (nSPS) is 27.4. The highest BCUT2D eigenvalue weighted by Gasteiger charge is 2.43. The maximum Gasteiger partial charge on any atom is 0.242 e. The van der Waals surface area contributed by atoms with Gasteiger partial charge in [0.05, 0.1) is 12.0 Å². The van der Waals surface area contributed by atoms with Gasteiger partial charge in [0.2, 0.25) is 17.7 Å². The summed E-state index contributed by atoms with van der Waals surface area (Å²) in [6.07, 6.45) is 9.54. The van der Waals surface area contributed by atoms with Crippen LogP contribution in [0.1, 0.15) is 64.4 Å². The van der Waals surface area contributed by atoms with Gasteiger partial charge in [-0.05, 0) is 56.4 Å². The number of hydrogen-bond donors (Lipinski definition) is 2. The van der Waals surface area contributed by atoms with Crippen LogP contribution in [0.25, 0.3) is 0 Å². The number of ether oxygens (including phenoxy) is 1. The lowest BCUT2D eigenvalue weighted by atomic mass is 9.74. The number of carbonyl (C=O) groups is 3. The summed E-state index contributed by atoms with van der Waals surface area (Å²) >= 11 is 0. The standard InChI is InChI=1S/C30H43N3O4/c1-22(2)20-26-28(35)31-25-13-19-37-21-24(25)10-6-7-14-30(29(36)32-26)15-17-33(18-16-30)27(34)12-11-23-8-4-3-5-9-23/h3-9,22,24-26H,10-21H2,1-2H3,(H,31,35)(H,32,36)/b7-6+/t24-,25+,26+/m1/s1. The van der Waals surface area contributed by atoms with Gasteiger partial charge in [-0.25, -0.2) is 0 Å². The highest BCUT2D eigenvalue weighted by atomic mass is 16.5. The van der Waals surface area contributed by atoms with E-state index in [1.165, 1.54) is 0 Å². The first kappa shape index (κ1) is 27.4. The fourth-order valence-corrected chi connectivity index (χ4v) is 5.86. The molecule has 4 rings (SSSR count). The van der Waals surface area contributed by atoms with Gasteiger partial charge in [0, 0.05) is 38.1 Å². The second-order valence-corrected chi connectivity index (χ2v) is 11.5. The Morgan fingerprint density at radius 2 is 1.86 bits per heavy atom. The molecular formula is C30H43N3O4. The number of nitrogens with one attached hydrogen (secondary N) is 2. The van der Waals surface area contributed by atoms with Crippen molar-refractivity contribution in [2.24, 2.45) is 17.3 Å². The molecule has 2 fully saturated rings. The van der Waals surface area contributed by atoms with Crippen LogP contribution in [0.5, 0.6) is 0 Å². The van der Waals surface area contributed by atoms with Crippen LogP contribution in [0, 0.1) is 17.3 Å². The molecule has 3 atom stereocenters. The Kier molecular flexibility index (Phi) is 9.41. The van der Waals surface area contributed by atoms with Crippen molar-refractivity contribution in [3.8, 4) is 0 Å². The minimum Gasteiger partial charge on any atom is -0.381 e. The Bertz CT molecular complexity index is 953. The molecule has 0 bridgehead atoms. The van der Waals surface area contributed by atoms with Gasteiger partial charge in [0.15, 0.2) is 0 Å². The van der Waals surface area contributed by atoms with E-state index in [4.69, 9.17) is 4.74 Å². The van der Waals surface area contributed by atoms with E-state index in [0.29, 0.717) is 58.4 Å². The number of allylic oxidation sites excluding steroid dienone is 2. The summed E-state index contributed by atoms with van der Waals surface area (Å²) in [5.74, 6) is 0.506. The third kappa shape index (κ3) is 7.22. The number of fused-ring (bicyclic) bond motifs is 1. The molecule has 1 aromatic rings. The summed E-state index contributed by atoms with van der Waals surface area (Å²) in [6.45, 7) is 6.57. The zero-order valence-electron chi connectivity index (χ0n) is 22.4. The molecule has 0 unspecified atom stereocenters. The number of rotatable bonds is 5. The molecule has 7 nitrogen and oxygen atoms in total. The quantitative estimate of drug-likeness (QED) is 0.594. The summed E-state index contributed by atoms with van der Waals surface area (Å²) in [6, 6.07) is 9.58. The van der Waals surface area contributed by atoms with E-state index in [9.17, 15) is 14.4 Å². The van der Waals surface area contributed by atoms with Crippen molar-refractivity contribution in [3.63, 3.8) is 0 Å². The van der Waals surface area contributed by atoms with Crippen LogP contribution in [-0.4, -0.2) is 61.0 Å². The van der Waals surface area contributed by atoms with Crippen LogP contribution in [0.2, 0.25) is 0 Å². The highest BCUT2D eigenvalue weighted by molar-refractivity contribution is 5.90. The first-order chi connectivity index (χ1) is 17.9. The first-order valence-corrected chi connectivity index (χ1v) is 14.0. The molecule has 3 aliphatic rings. The molecule has 3 heterocycles. The Hall–Kier alpha value is -2.67. The smallest absolute Gasteiger partial charge is 0.242 e. The fraction of sp³-hybridized carbons (Fsp3) is 0.633. The third-order valence-corrected chi connectivity index (χ3v) is 8.27. The number of amides is 3. The minimum atomic E-state index is -0.607. The number of benzene rings is 1. The Morgan fingerprint density at radius 3 is 2.59 bits per heavy atom.